The Labute approximate surface area is 169 Å². The van der Waals surface area contributed by atoms with Crippen LogP contribution in [-0.4, -0.2) is 35.6 Å². The highest BCUT2D eigenvalue weighted by Gasteiger charge is 2.34. The second kappa shape index (κ2) is 8.05. The number of likely N-dealkylation sites (N-methyl/N-ethyl adjacent to an activating group) is 1. The topological polar surface area (TPSA) is 49.4 Å². The summed E-state index contributed by atoms with van der Waals surface area (Å²) in [5.41, 5.74) is 0.0197. The van der Waals surface area contributed by atoms with Crippen molar-refractivity contribution in [3.8, 4) is 0 Å². The summed E-state index contributed by atoms with van der Waals surface area (Å²) in [5.74, 6) is -0.796. The van der Waals surface area contributed by atoms with Crippen LogP contribution in [0.1, 0.15) is 11.1 Å². The van der Waals surface area contributed by atoms with Gasteiger partial charge in [0.05, 0.1) is 22.4 Å². The van der Waals surface area contributed by atoms with Crippen LogP contribution in [0.3, 0.4) is 0 Å². The van der Waals surface area contributed by atoms with Crippen molar-refractivity contribution in [1.82, 2.24) is 4.90 Å². The van der Waals surface area contributed by atoms with E-state index in [-0.39, 0.29) is 23.4 Å². The van der Waals surface area contributed by atoms with Crippen molar-refractivity contribution in [2.45, 2.75) is 22.7 Å². The molecule has 1 aliphatic rings. The molecular weight excluding hydrogens is 413 g/mol. The molecule has 148 valence electrons. The zero-order valence-corrected chi connectivity index (χ0v) is 16.3. The van der Waals surface area contributed by atoms with Crippen molar-refractivity contribution in [1.29, 1.82) is 0 Å². The maximum atomic E-state index is 12.9. The van der Waals surface area contributed by atoms with E-state index in [2.05, 4.69) is 5.32 Å². The number of carbonyl (C=O) groups excluding carboxylic acids is 2. The summed E-state index contributed by atoms with van der Waals surface area (Å²) < 4.78 is 38.7. The van der Waals surface area contributed by atoms with Gasteiger partial charge in [-0.25, -0.2) is 0 Å². The van der Waals surface area contributed by atoms with Crippen molar-refractivity contribution in [2.75, 3.05) is 18.9 Å². The molecule has 3 rings (SSSR count). The Kier molecular flexibility index (Phi) is 5.90. The number of nitrogens with one attached hydrogen (secondary N) is 1. The number of carbonyl (C=O) groups is 2. The molecule has 0 bridgehead atoms. The smallest absolute Gasteiger partial charge is 0.335 e. The summed E-state index contributed by atoms with van der Waals surface area (Å²) in [6.45, 7) is -0.268. The van der Waals surface area contributed by atoms with Gasteiger partial charge in [-0.05, 0) is 36.2 Å². The number of anilines is 1. The summed E-state index contributed by atoms with van der Waals surface area (Å²) in [4.78, 5) is 27.1. The standard InChI is InChI=1S/C19H16ClF3N2O2S/c1-25(18(27)16-8-11-4-2-3-5-15(11)28-16)10-17(26)24-12-6-7-14(20)13(9-12)19(21,22)23/h2-7,9,16H,8,10H2,1H3,(H,24,26)/t16-/m1/s1. The minimum atomic E-state index is -4.63. The molecule has 2 aromatic rings. The number of thioether (sulfide) groups is 1. The van der Waals surface area contributed by atoms with E-state index < -0.39 is 22.7 Å². The zero-order chi connectivity index (χ0) is 20.5. The van der Waals surface area contributed by atoms with Crippen LogP contribution < -0.4 is 5.32 Å². The third-order valence-electron chi connectivity index (χ3n) is 4.24. The lowest BCUT2D eigenvalue weighted by Crippen LogP contribution is -2.39. The molecule has 4 nitrogen and oxygen atoms in total. The van der Waals surface area contributed by atoms with Crippen LogP contribution in [0.5, 0.6) is 0 Å². The highest BCUT2D eigenvalue weighted by Crippen LogP contribution is 2.38. The van der Waals surface area contributed by atoms with E-state index >= 15 is 0 Å². The molecule has 2 amide bonds. The summed E-state index contributed by atoms with van der Waals surface area (Å²) in [6, 6.07) is 10.8. The fraction of sp³-hybridized carbons (Fsp3) is 0.263. The lowest BCUT2D eigenvalue weighted by molar-refractivity contribution is -0.137. The largest absolute Gasteiger partial charge is 0.417 e. The second-order valence-corrected chi connectivity index (χ2v) is 8.00. The molecule has 1 aliphatic heterocycles. The molecule has 0 aromatic heterocycles. The van der Waals surface area contributed by atoms with E-state index in [1.807, 2.05) is 24.3 Å². The first-order valence-corrected chi connectivity index (χ1v) is 9.57. The number of fused-ring (bicyclic) bond motifs is 1. The van der Waals surface area contributed by atoms with Gasteiger partial charge in [0.25, 0.3) is 0 Å². The molecule has 1 heterocycles. The molecule has 2 aromatic carbocycles. The van der Waals surface area contributed by atoms with Crippen molar-refractivity contribution in [2.24, 2.45) is 0 Å². The number of benzene rings is 2. The first kappa shape index (κ1) is 20.5. The number of alkyl halides is 3. The number of hydrogen-bond donors (Lipinski definition) is 1. The Morgan fingerprint density at radius 2 is 1.96 bits per heavy atom. The zero-order valence-electron chi connectivity index (χ0n) is 14.7. The van der Waals surface area contributed by atoms with Crippen LogP contribution in [-0.2, 0) is 22.2 Å². The van der Waals surface area contributed by atoms with Crippen LogP contribution in [0.15, 0.2) is 47.4 Å². The third-order valence-corrected chi connectivity index (χ3v) is 5.87. The van der Waals surface area contributed by atoms with Gasteiger partial charge in [-0.1, -0.05) is 29.8 Å². The van der Waals surface area contributed by atoms with Gasteiger partial charge in [0.15, 0.2) is 0 Å². The average molecular weight is 429 g/mol. The van der Waals surface area contributed by atoms with Gasteiger partial charge in [-0.2, -0.15) is 13.2 Å². The molecule has 28 heavy (non-hydrogen) atoms. The molecule has 0 fully saturated rings. The average Bonchev–Trinajstić information content (AvgIpc) is 3.05. The fourth-order valence-corrected chi connectivity index (χ4v) is 4.41. The minimum Gasteiger partial charge on any atom is -0.335 e. The van der Waals surface area contributed by atoms with Crippen LogP contribution in [0.25, 0.3) is 0 Å². The molecule has 0 saturated heterocycles. The number of hydrogen-bond acceptors (Lipinski definition) is 3. The second-order valence-electron chi connectivity index (χ2n) is 6.35. The lowest BCUT2D eigenvalue weighted by Gasteiger charge is -2.20. The van der Waals surface area contributed by atoms with Gasteiger partial charge in [-0.3, -0.25) is 9.59 Å². The van der Waals surface area contributed by atoms with Crippen LogP contribution in [0, 0.1) is 0 Å². The van der Waals surface area contributed by atoms with Gasteiger partial charge in [0.1, 0.15) is 0 Å². The van der Waals surface area contributed by atoms with Gasteiger partial charge in [-0.15, -0.1) is 11.8 Å². The molecule has 9 heteroatoms. The van der Waals surface area contributed by atoms with E-state index in [0.29, 0.717) is 6.42 Å². The SMILES string of the molecule is CN(CC(=O)Nc1ccc(Cl)c(C(F)(F)F)c1)C(=O)[C@H]1Cc2ccccc2S1. The van der Waals surface area contributed by atoms with Crippen molar-refractivity contribution >= 4 is 40.9 Å². The number of halogens is 4. The number of nitrogens with zero attached hydrogens (tertiary/aromatic N) is 1. The highest BCUT2D eigenvalue weighted by molar-refractivity contribution is 8.01. The number of rotatable bonds is 4. The van der Waals surface area contributed by atoms with Crippen molar-refractivity contribution < 1.29 is 22.8 Å². The molecule has 0 spiro atoms. The molecule has 0 saturated carbocycles. The highest BCUT2D eigenvalue weighted by atomic mass is 35.5. The van der Waals surface area contributed by atoms with Crippen LogP contribution in [0.4, 0.5) is 18.9 Å². The molecule has 1 atom stereocenters. The van der Waals surface area contributed by atoms with Gasteiger partial charge in [0.2, 0.25) is 11.8 Å². The monoisotopic (exact) mass is 428 g/mol. The van der Waals surface area contributed by atoms with Crippen molar-refractivity contribution in [3.63, 3.8) is 0 Å². The summed E-state index contributed by atoms with van der Waals surface area (Å²) >= 11 is 7.01. The molecule has 0 radical (unpaired) electrons. The minimum absolute atomic E-state index is 0.0368. The van der Waals surface area contributed by atoms with Gasteiger partial charge in [0, 0.05) is 17.6 Å². The Bertz CT molecular complexity index is 895. The van der Waals surface area contributed by atoms with E-state index in [1.54, 1.807) is 0 Å². The van der Waals surface area contributed by atoms with E-state index in [0.717, 1.165) is 22.6 Å². The molecule has 0 unspecified atom stereocenters. The fourth-order valence-electron chi connectivity index (χ4n) is 2.88. The van der Waals surface area contributed by atoms with Crippen LogP contribution in [0.2, 0.25) is 5.02 Å². The lowest BCUT2D eigenvalue weighted by atomic mass is 10.1. The maximum absolute atomic E-state index is 12.9. The Morgan fingerprint density at radius 1 is 1.25 bits per heavy atom. The molecule has 1 N–H and O–H groups in total. The number of amides is 2. The van der Waals surface area contributed by atoms with Crippen molar-refractivity contribution in [3.05, 3.63) is 58.6 Å². The Hall–Kier alpha value is -2.19. The third kappa shape index (κ3) is 4.62. The molecule has 0 aliphatic carbocycles. The van der Waals surface area contributed by atoms with E-state index in [1.165, 1.54) is 29.8 Å². The summed E-state index contributed by atoms with van der Waals surface area (Å²) in [6.07, 6.45) is -4.04. The predicted molar refractivity (Wildman–Crippen MR) is 103 cm³/mol. The molecular formula is C19H16ClF3N2O2S. The normalized spacial score (nSPS) is 15.8. The maximum Gasteiger partial charge on any atom is 0.417 e. The first-order valence-electron chi connectivity index (χ1n) is 8.31. The van der Waals surface area contributed by atoms with Crippen LogP contribution >= 0.6 is 23.4 Å². The van der Waals surface area contributed by atoms with Gasteiger partial charge >= 0.3 is 6.18 Å². The summed E-state index contributed by atoms with van der Waals surface area (Å²) in [7, 11) is 1.49. The predicted octanol–water partition coefficient (Wildman–Crippen LogP) is 4.47. The first-order chi connectivity index (χ1) is 13.1. The quantitative estimate of drug-likeness (QED) is 0.781. The summed E-state index contributed by atoms with van der Waals surface area (Å²) in [5, 5.41) is 1.61. The van der Waals surface area contributed by atoms with Gasteiger partial charge < -0.3 is 10.2 Å². The van der Waals surface area contributed by atoms with E-state index in [4.69, 9.17) is 11.6 Å². The van der Waals surface area contributed by atoms with E-state index in [9.17, 15) is 22.8 Å². The Morgan fingerprint density at radius 3 is 2.64 bits per heavy atom. The Balaban J connectivity index is 1.60.